The Labute approximate surface area is 119 Å². The second-order valence-corrected chi connectivity index (χ2v) is 5.26. The summed E-state index contributed by atoms with van der Waals surface area (Å²) in [6, 6.07) is 7.62. The maximum Gasteiger partial charge on any atom is 0.267 e. The molecule has 0 bridgehead atoms. The number of carbonyl (C=O) groups excluding carboxylic acids is 2. The molecule has 1 heterocycles. The summed E-state index contributed by atoms with van der Waals surface area (Å²) < 4.78 is 0.966. The largest absolute Gasteiger partial charge is 0.344 e. The van der Waals surface area contributed by atoms with E-state index >= 15 is 0 Å². The van der Waals surface area contributed by atoms with Crippen molar-refractivity contribution in [3.8, 4) is 0 Å². The molecular weight excluding hydrogens is 310 g/mol. The van der Waals surface area contributed by atoms with Crippen LogP contribution < -0.4 is 10.7 Å². The Bertz CT molecular complexity index is 542. The second-order valence-electron chi connectivity index (χ2n) is 4.34. The first-order chi connectivity index (χ1) is 9.06. The standard InChI is InChI=1S/C13H14BrN3O2/c1-8(9-3-2-4-10(14)7-9)15-13(19)11-5-6-12(18)17-16-11/h2-4,7-8H,5-6H2,1H3,(H,15,19)(H,17,18)/t8-/m1/s1. The Hall–Kier alpha value is -1.69. The Kier molecular flexibility index (Phi) is 4.31. The third-order valence-corrected chi connectivity index (χ3v) is 3.36. The van der Waals surface area contributed by atoms with Crippen molar-refractivity contribution >= 4 is 33.5 Å². The number of carbonyl (C=O) groups is 2. The molecule has 1 atom stereocenters. The predicted molar refractivity (Wildman–Crippen MR) is 75.5 cm³/mol. The van der Waals surface area contributed by atoms with Crippen LogP contribution in [0.3, 0.4) is 0 Å². The topological polar surface area (TPSA) is 70.6 Å². The minimum absolute atomic E-state index is 0.120. The third-order valence-electron chi connectivity index (χ3n) is 2.86. The highest BCUT2D eigenvalue weighted by atomic mass is 79.9. The van der Waals surface area contributed by atoms with E-state index in [4.69, 9.17) is 0 Å². The highest BCUT2D eigenvalue weighted by Crippen LogP contribution is 2.18. The second kappa shape index (κ2) is 5.97. The van der Waals surface area contributed by atoms with Crippen molar-refractivity contribution < 1.29 is 9.59 Å². The SMILES string of the molecule is C[C@@H](NC(=O)C1=NNC(=O)CC1)c1cccc(Br)c1. The van der Waals surface area contributed by atoms with Crippen molar-refractivity contribution in [1.29, 1.82) is 0 Å². The molecule has 2 amide bonds. The van der Waals surface area contributed by atoms with E-state index in [-0.39, 0.29) is 17.9 Å². The van der Waals surface area contributed by atoms with Crippen LogP contribution in [-0.4, -0.2) is 17.5 Å². The Balaban J connectivity index is 2.01. The van der Waals surface area contributed by atoms with E-state index < -0.39 is 0 Å². The summed E-state index contributed by atoms with van der Waals surface area (Å²) in [6.07, 6.45) is 0.681. The molecule has 19 heavy (non-hydrogen) atoms. The molecule has 0 fully saturated rings. The number of hydrazone groups is 1. The lowest BCUT2D eigenvalue weighted by Gasteiger charge is -2.17. The number of hydrogen-bond acceptors (Lipinski definition) is 3. The molecule has 6 heteroatoms. The summed E-state index contributed by atoms with van der Waals surface area (Å²) in [4.78, 5) is 22.9. The van der Waals surface area contributed by atoms with Crippen molar-refractivity contribution in [2.24, 2.45) is 5.10 Å². The summed E-state index contributed by atoms with van der Waals surface area (Å²) in [7, 11) is 0. The number of nitrogens with zero attached hydrogens (tertiary/aromatic N) is 1. The van der Waals surface area contributed by atoms with Gasteiger partial charge >= 0.3 is 0 Å². The van der Waals surface area contributed by atoms with Crippen LogP contribution in [0.1, 0.15) is 31.4 Å². The van der Waals surface area contributed by atoms with Crippen LogP contribution in [-0.2, 0) is 9.59 Å². The minimum atomic E-state index is -0.243. The van der Waals surface area contributed by atoms with Crippen molar-refractivity contribution in [2.45, 2.75) is 25.8 Å². The van der Waals surface area contributed by atoms with E-state index in [1.807, 2.05) is 31.2 Å². The highest BCUT2D eigenvalue weighted by molar-refractivity contribution is 9.10. The van der Waals surface area contributed by atoms with Gasteiger partial charge in [0.05, 0.1) is 6.04 Å². The van der Waals surface area contributed by atoms with Gasteiger partial charge in [-0.15, -0.1) is 0 Å². The molecule has 0 aromatic heterocycles. The molecular formula is C13H14BrN3O2. The Morgan fingerprint density at radius 3 is 2.89 bits per heavy atom. The van der Waals surface area contributed by atoms with E-state index in [0.29, 0.717) is 18.6 Å². The minimum Gasteiger partial charge on any atom is -0.344 e. The molecule has 1 aromatic carbocycles. The molecule has 1 aliphatic rings. The fraction of sp³-hybridized carbons (Fsp3) is 0.308. The van der Waals surface area contributed by atoms with Crippen molar-refractivity contribution in [3.05, 3.63) is 34.3 Å². The van der Waals surface area contributed by atoms with Crippen molar-refractivity contribution in [3.63, 3.8) is 0 Å². The van der Waals surface area contributed by atoms with Gasteiger partial charge in [0, 0.05) is 17.3 Å². The van der Waals surface area contributed by atoms with Gasteiger partial charge in [-0.2, -0.15) is 5.10 Å². The zero-order chi connectivity index (χ0) is 13.8. The van der Waals surface area contributed by atoms with Crippen LogP contribution >= 0.6 is 15.9 Å². The lowest BCUT2D eigenvalue weighted by Crippen LogP contribution is -2.37. The third kappa shape index (κ3) is 3.64. The van der Waals surface area contributed by atoms with E-state index in [1.165, 1.54) is 0 Å². The predicted octanol–water partition coefficient (Wildman–Crippen LogP) is 1.89. The van der Waals surface area contributed by atoms with E-state index in [1.54, 1.807) is 0 Å². The molecule has 1 aliphatic heterocycles. The van der Waals surface area contributed by atoms with Gasteiger partial charge in [-0.3, -0.25) is 9.59 Å². The number of halogens is 1. The average Bonchev–Trinajstić information content (AvgIpc) is 2.39. The number of rotatable bonds is 3. The number of nitrogens with one attached hydrogen (secondary N) is 2. The molecule has 1 aromatic rings. The first kappa shape index (κ1) is 13.7. The van der Waals surface area contributed by atoms with Gasteiger partial charge in [0.1, 0.15) is 5.71 Å². The zero-order valence-corrected chi connectivity index (χ0v) is 12.0. The van der Waals surface area contributed by atoms with Crippen LogP contribution in [0.4, 0.5) is 0 Å². The zero-order valence-electron chi connectivity index (χ0n) is 10.4. The van der Waals surface area contributed by atoms with Gasteiger partial charge in [0.15, 0.2) is 0 Å². The average molecular weight is 324 g/mol. The first-order valence-electron chi connectivity index (χ1n) is 5.98. The normalized spacial score (nSPS) is 16.3. The van der Waals surface area contributed by atoms with Gasteiger partial charge in [-0.25, -0.2) is 5.43 Å². The summed E-state index contributed by atoms with van der Waals surface area (Å²) in [5.41, 5.74) is 3.68. The number of hydrogen-bond donors (Lipinski definition) is 2. The lowest BCUT2D eigenvalue weighted by atomic mass is 10.1. The summed E-state index contributed by atoms with van der Waals surface area (Å²) in [6.45, 7) is 1.90. The van der Waals surface area contributed by atoms with Gasteiger partial charge in [0.2, 0.25) is 5.91 Å². The maximum atomic E-state index is 12.0. The molecule has 5 nitrogen and oxygen atoms in total. The summed E-state index contributed by atoms with van der Waals surface area (Å²) in [5, 5.41) is 6.64. The van der Waals surface area contributed by atoms with Crippen LogP contribution in [0.2, 0.25) is 0 Å². The number of benzene rings is 1. The fourth-order valence-corrected chi connectivity index (χ4v) is 2.19. The monoisotopic (exact) mass is 323 g/mol. The van der Waals surface area contributed by atoms with Gasteiger partial charge in [0.25, 0.3) is 5.91 Å². The van der Waals surface area contributed by atoms with E-state index in [9.17, 15) is 9.59 Å². The van der Waals surface area contributed by atoms with Gasteiger partial charge in [-0.1, -0.05) is 28.1 Å². The van der Waals surface area contributed by atoms with Crippen LogP contribution in [0.5, 0.6) is 0 Å². The van der Waals surface area contributed by atoms with Gasteiger partial charge < -0.3 is 5.32 Å². The number of amides is 2. The van der Waals surface area contributed by atoms with Crippen molar-refractivity contribution in [2.75, 3.05) is 0 Å². The summed E-state index contributed by atoms with van der Waals surface area (Å²) in [5.74, 6) is -0.399. The maximum absolute atomic E-state index is 12.0. The first-order valence-corrected chi connectivity index (χ1v) is 6.77. The molecule has 0 saturated carbocycles. The highest BCUT2D eigenvalue weighted by Gasteiger charge is 2.20. The van der Waals surface area contributed by atoms with Crippen LogP contribution in [0.15, 0.2) is 33.8 Å². The smallest absolute Gasteiger partial charge is 0.267 e. The lowest BCUT2D eigenvalue weighted by molar-refractivity contribution is -0.121. The van der Waals surface area contributed by atoms with Crippen LogP contribution in [0.25, 0.3) is 0 Å². The Morgan fingerprint density at radius 2 is 2.26 bits per heavy atom. The van der Waals surface area contributed by atoms with Crippen LogP contribution in [0, 0.1) is 0 Å². The molecule has 0 spiro atoms. The fourth-order valence-electron chi connectivity index (χ4n) is 1.78. The molecule has 0 unspecified atom stereocenters. The van der Waals surface area contributed by atoms with E-state index in [2.05, 4.69) is 31.8 Å². The van der Waals surface area contributed by atoms with Crippen molar-refractivity contribution in [1.82, 2.24) is 10.7 Å². The molecule has 0 saturated heterocycles. The van der Waals surface area contributed by atoms with E-state index in [0.717, 1.165) is 10.0 Å². The summed E-state index contributed by atoms with van der Waals surface area (Å²) >= 11 is 3.40. The van der Waals surface area contributed by atoms with Gasteiger partial charge in [-0.05, 0) is 24.6 Å². The quantitative estimate of drug-likeness (QED) is 0.891. The Morgan fingerprint density at radius 1 is 1.47 bits per heavy atom. The molecule has 0 radical (unpaired) electrons. The molecule has 0 aliphatic carbocycles. The molecule has 2 N–H and O–H groups in total. The molecule has 2 rings (SSSR count). The molecule has 100 valence electrons.